The molecule has 1 aromatic heterocycles. The van der Waals surface area contributed by atoms with Gasteiger partial charge in [-0.25, -0.2) is 0 Å². The maximum Gasteiger partial charge on any atom is 0.256 e. The Kier molecular flexibility index (Phi) is 4.52. The van der Waals surface area contributed by atoms with Gasteiger partial charge in [0.15, 0.2) is 0 Å². The fraction of sp³-hybridized carbons (Fsp3) is 0.0769. The number of ether oxygens (including phenoxy) is 1. The molecule has 4 heteroatoms. The lowest BCUT2D eigenvalue weighted by molar-refractivity contribution is -0.110. The molecule has 1 atom stereocenters. The van der Waals surface area contributed by atoms with Crippen molar-refractivity contribution in [3.8, 4) is 5.75 Å². The molecule has 1 N–H and O–H groups in total. The fourth-order valence-corrected chi connectivity index (χ4v) is 3.83. The van der Waals surface area contributed by atoms with Gasteiger partial charge in [-0.05, 0) is 48.9 Å². The quantitative estimate of drug-likeness (QED) is 0.442. The van der Waals surface area contributed by atoms with E-state index in [4.69, 9.17) is 4.74 Å². The van der Waals surface area contributed by atoms with Gasteiger partial charge < -0.3 is 10.1 Å². The first-order valence-electron chi connectivity index (χ1n) is 9.92. The number of nitrogens with one attached hydrogen (secondary N) is 1. The van der Waals surface area contributed by atoms with Crippen LogP contribution in [0.25, 0.3) is 22.6 Å². The molecule has 146 valence electrons. The third-order valence-electron chi connectivity index (χ3n) is 5.33. The summed E-state index contributed by atoms with van der Waals surface area (Å²) in [4.78, 5) is 16.7. The summed E-state index contributed by atoms with van der Waals surface area (Å²) in [5.74, 6) is 0.705. The first-order valence-corrected chi connectivity index (χ1v) is 9.92. The summed E-state index contributed by atoms with van der Waals surface area (Å²) in [5, 5.41) is 4.00. The highest BCUT2D eigenvalue weighted by Crippen LogP contribution is 2.33. The summed E-state index contributed by atoms with van der Waals surface area (Å²) in [6, 6.07) is 25.6. The van der Waals surface area contributed by atoms with Crippen LogP contribution < -0.4 is 10.1 Å². The van der Waals surface area contributed by atoms with Crippen molar-refractivity contribution in [1.82, 2.24) is 4.98 Å². The molecule has 4 nitrogen and oxygen atoms in total. The van der Waals surface area contributed by atoms with Crippen molar-refractivity contribution < 1.29 is 9.53 Å². The van der Waals surface area contributed by atoms with Crippen LogP contribution in [0.15, 0.2) is 85.1 Å². The third-order valence-corrected chi connectivity index (χ3v) is 5.33. The van der Waals surface area contributed by atoms with Crippen LogP contribution in [-0.4, -0.2) is 10.9 Å². The number of carbonyl (C=O) groups excluding carboxylic acids is 1. The molecule has 1 aliphatic rings. The van der Waals surface area contributed by atoms with E-state index >= 15 is 0 Å². The number of carbonyl (C=O) groups is 1. The molecule has 3 aromatic carbocycles. The van der Waals surface area contributed by atoms with Gasteiger partial charge in [-0.15, -0.1) is 0 Å². The molecular weight excluding hydrogens is 372 g/mol. The largest absolute Gasteiger partial charge is 0.486 e. The number of benzene rings is 3. The van der Waals surface area contributed by atoms with E-state index in [-0.39, 0.29) is 12.0 Å². The molecule has 1 amide bonds. The van der Waals surface area contributed by atoms with Gasteiger partial charge in [0.25, 0.3) is 5.91 Å². The van der Waals surface area contributed by atoms with E-state index in [0.29, 0.717) is 5.57 Å². The number of anilines is 1. The second kappa shape index (κ2) is 7.48. The second-order valence-electron chi connectivity index (χ2n) is 7.30. The van der Waals surface area contributed by atoms with Crippen molar-refractivity contribution in [2.45, 2.75) is 13.0 Å². The summed E-state index contributed by atoms with van der Waals surface area (Å²) < 4.78 is 6.18. The van der Waals surface area contributed by atoms with Gasteiger partial charge in [0.2, 0.25) is 0 Å². The zero-order valence-corrected chi connectivity index (χ0v) is 16.5. The first-order chi connectivity index (χ1) is 14.7. The number of fused-ring (bicyclic) bond motifs is 2. The molecule has 0 spiro atoms. The summed E-state index contributed by atoms with van der Waals surface area (Å²) in [6.45, 7) is 2.04. The summed E-state index contributed by atoms with van der Waals surface area (Å²) >= 11 is 0. The van der Waals surface area contributed by atoms with Crippen molar-refractivity contribution in [3.63, 3.8) is 0 Å². The van der Waals surface area contributed by atoms with E-state index in [9.17, 15) is 4.79 Å². The van der Waals surface area contributed by atoms with Gasteiger partial charge in [0.1, 0.15) is 11.9 Å². The molecule has 4 aromatic rings. The first kappa shape index (κ1) is 18.1. The summed E-state index contributed by atoms with van der Waals surface area (Å²) in [7, 11) is 0. The van der Waals surface area contributed by atoms with Crippen LogP contribution in [0.2, 0.25) is 0 Å². The highest BCUT2D eigenvalue weighted by Gasteiger charge is 2.23. The second-order valence-corrected chi connectivity index (χ2v) is 7.30. The van der Waals surface area contributed by atoms with Gasteiger partial charge in [0, 0.05) is 34.0 Å². The maximum atomic E-state index is 12.3. The van der Waals surface area contributed by atoms with E-state index in [0.717, 1.165) is 39.0 Å². The minimum Gasteiger partial charge on any atom is -0.486 e. The molecular formula is C26H20N2O2. The molecule has 1 aliphatic heterocycles. The van der Waals surface area contributed by atoms with Crippen LogP contribution in [0.5, 0.6) is 5.75 Å². The Bertz CT molecular complexity index is 1270. The molecule has 0 fully saturated rings. The Morgan fingerprint density at radius 2 is 1.70 bits per heavy atom. The molecule has 0 aliphatic carbocycles. The molecule has 30 heavy (non-hydrogen) atoms. The zero-order chi connectivity index (χ0) is 20.5. The third kappa shape index (κ3) is 3.33. The van der Waals surface area contributed by atoms with Crippen LogP contribution in [0, 0.1) is 0 Å². The number of rotatable bonds is 4. The maximum absolute atomic E-state index is 12.3. The van der Waals surface area contributed by atoms with Crippen molar-refractivity contribution in [1.29, 1.82) is 0 Å². The fourth-order valence-electron chi connectivity index (χ4n) is 3.83. The number of para-hydroxylation sites is 2. The van der Waals surface area contributed by atoms with Crippen LogP contribution in [0.3, 0.4) is 0 Å². The Balaban J connectivity index is 1.37. The number of hydrogen-bond acceptors (Lipinski definition) is 3. The van der Waals surface area contributed by atoms with Crippen molar-refractivity contribution in [3.05, 3.63) is 102 Å². The van der Waals surface area contributed by atoms with E-state index in [2.05, 4.69) is 16.4 Å². The van der Waals surface area contributed by atoms with Gasteiger partial charge in [-0.2, -0.15) is 0 Å². The van der Waals surface area contributed by atoms with E-state index < -0.39 is 0 Å². The Labute approximate surface area is 174 Å². The highest BCUT2D eigenvalue weighted by molar-refractivity contribution is 6.34. The van der Waals surface area contributed by atoms with Gasteiger partial charge in [0.05, 0.1) is 5.52 Å². The van der Waals surface area contributed by atoms with Crippen LogP contribution in [-0.2, 0) is 4.79 Å². The average Bonchev–Trinajstić information content (AvgIpc) is 3.09. The highest BCUT2D eigenvalue weighted by atomic mass is 16.5. The Morgan fingerprint density at radius 1 is 0.933 bits per heavy atom. The standard InChI is InChI=1S/C26H20N2O2/c1-17(20-14-15-27-24-8-4-2-6-21(20)24)30-19-12-10-18(11-13-19)16-23-22-7-3-5-9-25(22)28-26(23)29/h2-17H,1H3,(H,28,29). The minimum atomic E-state index is -0.116. The summed E-state index contributed by atoms with van der Waals surface area (Å²) in [6.07, 6.45) is 3.61. The SMILES string of the molecule is CC(Oc1ccc(C=C2C(=O)Nc3ccccc32)cc1)c1ccnc2ccccc12. The molecule has 2 heterocycles. The van der Waals surface area contributed by atoms with Gasteiger partial charge in [-0.1, -0.05) is 48.5 Å². The van der Waals surface area contributed by atoms with Crippen molar-refractivity contribution >= 4 is 34.1 Å². The number of pyridine rings is 1. The predicted molar refractivity (Wildman–Crippen MR) is 120 cm³/mol. The van der Waals surface area contributed by atoms with Crippen LogP contribution >= 0.6 is 0 Å². The number of amides is 1. The average molecular weight is 392 g/mol. The van der Waals surface area contributed by atoms with Crippen LogP contribution in [0.1, 0.15) is 29.7 Å². The Morgan fingerprint density at radius 3 is 2.57 bits per heavy atom. The van der Waals surface area contributed by atoms with Crippen LogP contribution in [0.4, 0.5) is 5.69 Å². The number of nitrogens with zero attached hydrogens (tertiary/aromatic N) is 1. The normalized spacial score (nSPS) is 15.1. The van der Waals surface area contributed by atoms with Crippen molar-refractivity contribution in [2.24, 2.45) is 0 Å². The van der Waals surface area contributed by atoms with E-state index in [1.54, 1.807) is 0 Å². The van der Waals surface area contributed by atoms with Gasteiger partial charge in [-0.3, -0.25) is 9.78 Å². The smallest absolute Gasteiger partial charge is 0.256 e. The monoisotopic (exact) mass is 392 g/mol. The number of aromatic nitrogens is 1. The molecule has 1 unspecified atom stereocenters. The lowest BCUT2D eigenvalue weighted by Gasteiger charge is -2.17. The zero-order valence-electron chi connectivity index (χ0n) is 16.5. The topological polar surface area (TPSA) is 51.2 Å². The molecule has 0 radical (unpaired) electrons. The minimum absolute atomic E-state index is 0.0743. The van der Waals surface area contributed by atoms with E-state index in [1.807, 2.05) is 92.0 Å². The molecule has 0 saturated heterocycles. The molecule has 5 rings (SSSR count). The predicted octanol–water partition coefficient (Wildman–Crippen LogP) is 5.87. The number of hydrogen-bond donors (Lipinski definition) is 1. The van der Waals surface area contributed by atoms with Crippen molar-refractivity contribution in [2.75, 3.05) is 5.32 Å². The Hall–Kier alpha value is -3.92. The summed E-state index contributed by atoms with van der Waals surface area (Å²) in [5.41, 5.74) is 5.48. The lowest BCUT2D eigenvalue weighted by Crippen LogP contribution is -2.04. The molecule has 0 bridgehead atoms. The molecule has 0 saturated carbocycles. The van der Waals surface area contributed by atoms with Gasteiger partial charge >= 0.3 is 0 Å². The van der Waals surface area contributed by atoms with E-state index in [1.165, 1.54) is 0 Å². The lowest BCUT2D eigenvalue weighted by atomic mass is 10.0.